The number of thiophene rings is 2. The number of phenolic OH excluding ortho intramolecular Hbond substituents is 2. The molecule has 2 aromatic heterocycles. The molecule has 8 aliphatic rings. The number of carbonyl (C=O) groups is 8. The summed E-state index contributed by atoms with van der Waals surface area (Å²) in [5.41, 5.74) is 3.75. The van der Waals surface area contributed by atoms with Gasteiger partial charge < -0.3 is 39.4 Å². The van der Waals surface area contributed by atoms with E-state index in [0.717, 1.165) is 167 Å². The summed E-state index contributed by atoms with van der Waals surface area (Å²) in [6.07, 6.45) is 5.23. The molecule has 6 fully saturated rings. The third-order valence-corrected chi connectivity index (χ3v) is 24.7. The van der Waals surface area contributed by atoms with E-state index in [9.17, 15) is 53.0 Å². The lowest BCUT2D eigenvalue weighted by atomic mass is 9.82. The van der Waals surface area contributed by atoms with Crippen LogP contribution in [-0.2, 0) is 19.2 Å². The first-order valence-electron chi connectivity index (χ1n) is 36.2. The van der Waals surface area contributed by atoms with Gasteiger partial charge in [0, 0.05) is 110 Å². The Hall–Kier alpha value is -10.2. The lowest BCUT2D eigenvalue weighted by Gasteiger charge is -2.47. The second-order valence-corrected chi connectivity index (χ2v) is 32.2. The second kappa shape index (κ2) is 31.1. The van der Waals surface area contributed by atoms with Crippen molar-refractivity contribution in [3.05, 3.63) is 207 Å². The average molecular weight is 1630 g/mol. The minimum atomic E-state index is -1.14. The summed E-state index contributed by atoms with van der Waals surface area (Å²) in [6.45, 7) is 7.58. The van der Waals surface area contributed by atoms with Crippen LogP contribution in [0, 0.1) is 17.7 Å². The van der Waals surface area contributed by atoms with E-state index in [0.29, 0.717) is 29.0 Å². The highest BCUT2D eigenvalue weighted by Crippen LogP contribution is 2.50. The van der Waals surface area contributed by atoms with Crippen LogP contribution in [0.4, 0.5) is 10.1 Å². The third kappa shape index (κ3) is 15.4. The van der Waals surface area contributed by atoms with Gasteiger partial charge in [0.25, 0.3) is 11.8 Å². The molecule has 6 saturated heterocycles. The number of imide groups is 3. The molecular weight excluding hydrogens is 1560 g/mol. The van der Waals surface area contributed by atoms with Gasteiger partial charge in [0.1, 0.15) is 58.6 Å². The predicted molar refractivity (Wildman–Crippen MR) is 417 cm³/mol. The van der Waals surface area contributed by atoms with E-state index < -0.39 is 70.7 Å². The predicted octanol–water partition coefficient (Wildman–Crippen LogP) is 14.5. The van der Waals surface area contributed by atoms with Gasteiger partial charge in [-0.25, -0.2) is 4.39 Å². The zero-order valence-electron chi connectivity index (χ0n) is 58.6. The first-order chi connectivity index (χ1) is 52.8. The molecule has 0 radical (unpaired) electrons. The zero-order valence-corrected chi connectivity index (χ0v) is 63.4. The summed E-state index contributed by atoms with van der Waals surface area (Å²) in [5.74, 6) is -1.47. The van der Waals surface area contributed by atoms with Crippen molar-refractivity contribution in [2.24, 2.45) is 11.8 Å². The molecule has 18 rings (SSSR count). The number of fused-ring (bicyclic) bond motifs is 4. The fourth-order valence-electron chi connectivity index (χ4n) is 15.5. The SMILES string of the molecule is O=C1CCC(C2C(=O)c3ccc(F)cc3C2=O)C(=O)N1.O=C1CCC(N2C(=O)c3ccc(N4CCC(N5CC(Oc6ccc(Oc7c(-c8ccc(Br)cc8)sc8cc(O)ccc78)cc6)C5)CC4)cc3C2=O)C(=O)N1.Oc1ccc2c(Oc3ccc(OC4CN(C5CCNCC5)C4)cc3)c(-c3ccc(Br)cc3)sc2c1. The highest BCUT2D eigenvalue weighted by Gasteiger charge is 2.49. The Kier molecular flexibility index (Phi) is 20.8. The molecule has 556 valence electrons. The molecule has 7 aliphatic heterocycles. The highest BCUT2D eigenvalue weighted by atomic mass is 79.9. The van der Waals surface area contributed by atoms with Crippen molar-refractivity contribution in [1.29, 1.82) is 0 Å². The van der Waals surface area contributed by atoms with Crippen LogP contribution in [0.1, 0.15) is 92.8 Å². The lowest BCUT2D eigenvalue weighted by Crippen LogP contribution is -2.59. The number of nitrogens with one attached hydrogen (secondary N) is 3. The number of likely N-dealkylation sites (tertiary alicyclic amines) is 2. The number of ketones is 2. The van der Waals surface area contributed by atoms with Crippen molar-refractivity contribution >= 4 is 127 Å². The van der Waals surface area contributed by atoms with Crippen LogP contribution in [0.5, 0.6) is 46.0 Å². The monoisotopic (exact) mass is 1630 g/mol. The summed E-state index contributed by atoms with van der Waals surface area (Å²) >= 11 is 10.2. The van der Waals surface area contributed by atoms with E-state index in [-0.39, 0.29) is 60.5 Å². The maximum Gasteiger partial charge on any atom is 0.262 e. The number of hydrogen-bond donors (Lipinski definition) is 5. The number of anilines is 1. The van der Waals surface area contributed by atoms with Crippen LogP contribution < -0.4 is 39.8 Å². The number of ether oxygens (including phenoxy) is 4. The molecule has 6 amide bonds. The molecular formula is C83H72Br2FN7O14S2. The number of Topliss-reactive ketones (excluding diaryl/α,β-unsaturated/α-hetero) is 2. The fourth-order valence-corrected chi connectivity index (χ4v) is 18.4. The lowest BCUT2D eigenvalue weighted by molar-refractivity contribution is -0.138. The van der Waals surface area contributed by atoms with Crippen LogP contribution in [0.25, 0.3) is 41.1 Å². The average Bonchev–Trinajstić information content (AvgIpc) is 1.61. The number of aromatic hydroxyl groups is 2. The van der Waals surface area contributed by atoms with Gasteiger partial charge in [0.05, 0.1) is 32.7 Å². The van der Waals surface area contributed by atoms with Gasteiger partial charge in [-0.2, -0.15) is 0 Å². The van der Waals surface area contributed by atoms with E-state index in [2.05, 4.69) is 74.6 Å². The smallest absolute Gasteiger partial charge is 0.262 e. The Balaban J connectivity index is 0.000000140. The van der Waals surface area contributed by atoms with E-state index in [1.165, 1.54) is 18.9 Å². The largest absolute Gasteiger partial charge is 0.508 e. The Labute approximate surface area is 650 Å². The molecule has 3 unspecified atom stereocenters. The van der Waals surface area contributed by atoms with Crippen molar-refractivity contribution < 1.29 is 71.9 Å². The molecule has 1 aliphatic carbocycles. The van der Waals surface area contributed by atoms with Crippen LogP contribution >= 0.6 is 54.5 Å². The topological polar surface area (TPSA) is 263 Å². The Morgan fingerprint density at radius 3 is 1.47 bits per heavy atom. The number of benzene rings is 8. The Morgan fingerprint density at radius 2 is 0.945 bits per heavy atom. The molecule has 0 bridgehead atoms. The summed E-state index contributed by atoms with van der Waals surface area (Å²) in [5, 5.41) is 29.8. The van der Waals surface area contributed by atoms with Gasteiger partial charge in [0.2, 0.25) is 23.6 Å². The van der Waals surface area contributed by atoms with E-state index in [1.54, 1.807) is 59.1 Å². The van der Waals surface area contributed by atoms with Gasteiger partial charge in [-0.05, 0) is 208 Å². The number of halogens is 3. The van der Waals surface area contributed by atoms with Gasteiger partial charge in [0.15, 0.2) is 23.1 Å². The molecule has 109 heavy (non-hydrogen) atoms. The first-order valence-corrected chi connectivity index (χ1v) is 39.4. The van der Waals surface area contributed by atoms with Crippen molar-refractivity contribution in [2.45, 2.75) is 81.7 Å². The molecule has 21 nitrogen and oxygen atoms in total. The number of hydrogen-bond acceptors (Lipinski definition) is 20. The standard InChI is InChI=1S/C41H35BrN4O7S.C28H27BrN2O3S.C14H10FNO4/c42-24-3-1-23(2-4-24)38-37(32-12-6-27(47)20-35(32)54-38)53-29-9-7-28(8-10-29)52-30-21-45(22-30)25-15-17-44(18-16-25)26-5-11-31-33(19-26)41(51)46(40(31)50)34-13-14-36(48)43-39(34)49;29-19-3-1-18(2-4-19)28-27(25-10-5-21(32)15-26(25)35-28)34-23-8-6-22(7-9-23)33-24-16-31(17-24)20-11-13-30-14-12-20;15-6-1-2-7-9(5-6)13(19)11(12(7)18)8-3-4-10(17)16-14(8)20/h1-12,19-20,25,30,34,47H,13-18,21-22H2,(H,43,48,49);1-10,15,20,24,30,32H,11-14,16-17H2;1-2,5,8,11H,3-4H2,(H,16,17,20). The third-order valence-electron chi connectivity index (χ3n) is 21.3. The summed E-state index contributed by atoms with van der Waals surface area (Å²) in [6, 6.07) is 51.5. The van der Waals surface area contributed by atoms with Crippen molar-refractivity contribution in [3.63, 3.8) is 0 Å². The molecule has 8 aromatic carbocycles. The maximum absolute atomic E-state index is 13.3. The Morgan fingerprint density at radius 1 is 0.468 bits per heavy atom. The maximum atomic E-state index is 13.3. The molecule has 9 heterocycles. The number of carbonyl (C=O) groups excluding carboxylic acids is 8. The summed E-state index contributed by atoms with van der Waals surface area (Å²) in [4.78, 5) is 108. The van der Waals surface area contributed by atoms with E-state index in [4.69, 9.17) is 18.9 Å². The first kappa shape index (κ1) is 73.0. The van der Waals surface area contributed by atoms with Gasteiger partial charge in [-0.15, -0.1) is 22.7 Å². The van der Waals surface area contributed by atoms with Crippen molar-refractivity contribution in [3.8, 4) is 66.9 Å². The second-order valence-electron chi connectivity index (χ2n) is 28.3. The molecule has 5 N–H and O–H groups in total. The molecule has 0 saturated carbocycles. The molecule has 0 spiro atoms. The van der Waals surface area contributed by atoms with Gasteiger partial charge in [-0.1, -0.05) is 56.1 Å². The number of amides is 6. The summed E-state index contributed by atoms with van der Waals surface area (Å²) in [7, 11) is 0. The number of piperidine rings is 4. The minimum Gasteiger partial charge on any atom is -0.508 e. The molecule has 26 heteroatoms. The highest BCUT2D eigenvalue weighted by molar-refractivity contribution is 9.10. The van der Waals surface area contributed by atoms with Crippen molar-refractivity contribution in [1.82, 2.24) is 30.7 Å². The molecule has 10 aromatic rings. The van der Waals surface area contributed by atoms with E-state index in [1.807, 2.05) is 103 Å². The van der Waals surface area contributed by atoms with Gasteiger partial charge >= 0.3 is 0 Å². The number of rotatable bonds is 15. The molecule has 3 atom stereocenters. The van der Waals surface area contributed by atoms with Crippen LogP contribution in [0.15, 0.2) is 179 Å². The zero-order chi connectivity index (χ0) is 75.3. The van der Waals surface area contributed by atoms with Gasteiger partial charge in [-0.3, -0.25) is 63.7 Å². The summed E-state index contributed by atoms with van der Waals surface area (Å²) < 4.78 is 42.6. The van der Waals surface area contributed by atoms with Crippen LogP contribution in [-0.4, -0.2) is 155 Å². The number of phenols is 2. The Bertz CT molecular complexity index is 5250. The van der Waals surface area contributed by atoms with Crippen LogP contribution in [0.3, 0.4) is 0 Å². The van der Waals surface area contributed by atoms with E-state index >= 15 is 0 Å². The quantitative estimate of drug-likeness (QED) is 0.0472. The van der Waals surface area contributed by atoms with Crippen LogP contribution in [0.2, 0.25) is 0 Å². The van der Waals surface area contributed by atoms with Crippen molar-refractivity contribution in [2.75, 3.05) is 57.3 Å². The number of nitrogens with zero attached hydrogens (tertiary/aromatic N) is 4. The minimum absolute atomic E-state index is 0.0182. The fraction of sp³-hybridized carbons (Fsp3) is 0.277. The normalized spacial score (nSPS) is 20.0.